The van der Waals surface area contributed by atoms with E-state index in [0.29, 0.717) is 23.7 Å². The number of nitrogens with two attached hydrogens (primary N) is 1. The molecule has 0 atom stereocenters. The van der Waals surface area contributed by atoms with Crippen LogP contribution in [0, 0.1) is 5.92 Å². The molecule has 0 bridgehead atoms. The van der Waals surface area contributed by atoms with E-state index in [-0.39, 0.29) is 5.91 Å². The van der Waals surface area contributed by atoms with Crippen LogP contribution in [0.3, 0.4) is 0 Å². The second kappa shape index (κ2) is 7.74. The van der Waals surface area contributed by atoms with E-state index in [1.807, 2.05) is 11.8 Å². The molecule has 0 unspecified atom stereocenters. The molecule has 0 spiro atoms. The van der Waals surface area contributed by atoms with Crippen molar-refractivity contribution in [1.82, 2.24) is 9.88 Å². The zero-order valence-corrected chi connectivity index (χ0v) is 12.0. The summed E-state index contributed by atoms with van der Waals surface area (Å²) in [7, 11) is 0. The summed E-state index contributed by atoms with van der Waals surface area (Å²) in [6.45, 7) is 7.80. The molecule has 0 fully saturated rings. The van der Waals surface area contributed by atoms with E-state index < -0.39 is 0 Å². The molecule has 0 aliphatic rings. The number of hydrogen-bond acceptors (Lipinski definition) is 4. The lowest BCUT2D eigenvalue weighted by Gasteiger charge is -2.26. The fourth-order valence-corrected chi connectivity index (χ4v) is 2.08. The highest BCUT2D eigenvalue weighted by Gasteiger charge is 2.19. The van der Waals surface area contributed by atoms with Crippen molar-refractivity contribution in [1.29, 1.82) is 0 Å². The minimum absolute atomic E-state index is 0.00440. The van der Waals surface area contributed by atoms with Crippen molar-refractivity contribution < 1.29 is 4.79 Å². The van der Waals surface area contributed by atoms with Gasteiger partial charge in [-0.15, -0.1) is 0 Å². The third-order valence-corrected chi connectivity index (χ3v) is 3.51. The average Bonchev–Trinajstić information content (AvgIpc) is 2.48. The monoisotopic (exact) mass is 264 g/mol. The zero-order chi connectivity index (χ0) is 14.3. The third kappa shape index (κ3) is 3.92. The maximum atomic E-state index is 12.5. The van der Waals surface area contributed by atoms with Gasteiger partial charge in [0, 0.05) is 19.3 Å². The first-order chi connectivity index (χ1) is 9.17. The Labute approximate surface area is 115 Å². The number of nitrogen functional groups attached to an aromatic ring is 1. The van der Waals surface area contributed by atoms with Gasteiger partial charge in [-0.1, -0.05) is 26.7 Å². The summed E-state index contributed by atoms with van der Waals surface area (Å²) in [4.78, 5) is 18.4. The van der Waals surface area contributed by atoms with E-state index in [2.05, 4.69) is 24.3 Å². The van der Waals surface area contributed by atoms with Crippen LogP contribution in [0.25, 0.3) is 0 Å². The second-order valence-corrected chi connectivity index (χ2v) is 4.59. The largest absolute Gasteiger partial charge is 0.339 e. The number of pyridine rings is 1. The lowest BCUT2D eigenvalue weighted by molar-refractivity contribution is 0.0736. The quantitative estimate of drug-likeness (QED) is 0.585. The Morgan fingerprint density at radius 2 is 2.11 bits per heavy atom. The van der Waals surface area contributed by atoms with Gasteiger partial charge in [0.2, 0.25) is 0 Å². The Balaban J connectivity index is 2.89. The number of hydrazine groups is 1. The van der Waals surface area contributed by atoms with Gasteiger partial charge in [-0.05, 0) is 18.9 Å². The maximum absolute atomic E-state index is 12.5. The first kappa shape index (κ1) is 15.4. The first-order valence-electron chi connectivity index (χ1n) is 6.87. The lowest BCUT2D eigenvalue weighted by Crippen LogP contribution is -2.35. The van der Waals surface area contributed by atoms with E-state index in [4.69, 9.17) is 5.84 Å². The van der Waals surface area contributed by atoms with Crippen LogP contribution in [-0.2, 0) is 0 Å². The third-order valence-electron chi connectivity index (χ3n) is 3.51. The molecule has 106 valence electrons. The van der Waals surface area contributed by atoms with Crippen LogP contribution >= 0.6 is 0 Å². The molecule has 0 aliphatic carbocycles. The molecular weight excluding hydrogens is 240 g/mol. The number of nitrogens with zero attached hydrogens (tertiary/aromatic N) is 2. The SMILES string of the molecule is CCC(CC)CN(CC)C(=O)c1ccncc1NN. The van der Waals surface area contributed by atoms with Gasteiger partial charge in [0.15, 0.2) is 0 Å². The molecule has 0 saturated heterocycles. The van der Waals surface area contributed by atoms with E-state index in [1.165, 1.54) is 0 Å². The summed E-state index contributed by atoms with van der Waals surface area (Å²) in [5, 5.41) is 0. The minimum Gasteiger partial charge on any atom is -0.339 e. The van der Waals surface area contributed by atoms with Crippen LogP contribution in [0.4, 0.5) is 5.69 Å². The van der Waals surface area contributed by atoms with Crippen molar-refractivity contribution in [2.24, 2.45) is 11.8 Å². The van der Waals surface area contributed by atoms with Crippen molar-refractivity contribution in [3.05, 3.63) is 24.0 Å². The second-order valence-electron chi connectivity index (χ2n) is 4.59. The van der Waals surface area contributed by atoms with E-state index in [0.717, 1.165) is 19.4 Å². The fourth-order valence-electron chi connectivity index (χ4n) is 2.08. The highest BCUT2D eigenvalue weighted by atomic mass is 16.2. The number of anilines is 1. The van der Waals surface area contributed by atoms with Gasteiger partial charge in [0.1, 0.15) is 0 Å². The summed E-state index contributed by atoms with van der Waals surface area (Å²) in [5.74, 6) is 5.97. The van der Waals surface area contributed by atoms with E-state index in [1.54, 1.807) is 18.5 Å². The Morgan fingerprint density at radius 1 is 1.42 bits per heavy atom. The molecular formula is C14H24N4O. The van der Waals surface area contributed by atoms with E-state index >= 15 is 0 Å². The van der Waals surface area contributed by atoms with Crippen LogP contribution in [0.15, 0.2) is 18.5 Å². The van der Waals surface area contributed by atoms with Gasteiger partial charge in [0.05, 0.1) is 17.4 Å². The highest BCUT2D eigenvalue weighted by Crippen LogP contribution is 2.17. The molecule has 1 aromatic rings. The fraction of sp³-hybridized carbons (Fsp3) is 0.571. The normalized spacial score (nSPS) is 10.6. The summed E-state index contributed by atoms with van der Waals surface area (Å²) >= 11 is 0. The number of hydrogen-bond donors (Lipinski definition) is 2. The van der Waals surface area contributed by atoms with Crippen LogP contribution in [0.5, 0.6) is 0 Å². The topological polar surface area (TPSA) is 71.2 Å². The molecule has 1 heterocycles. The predicted octanol–water partition coefficient (Wildman–Crippen LogP) is 2.27. The molecule has 0 aliphatic heterocycles. The number of rotatable bonds is 7. The molecule has 0 radical (unpaired) electrons. The molecule has 1 amide bonds. The van der Waals surface area contributed by atoms with Gasteiger partial charge < -0.3 is 10.3 Å². The number of carbonyl (C=O) groups excluding carboxylic acids is 1. The Morgan fingerprint density at radius 3 is 2.63 bits per heavy atom. The number of nitrogens with one attached hydrogen (secondary N) is 1. The van der Waals surface area contributed by atoms with Crippen molar-refractivity contribution in [3.8, 4) is 0 Å². The van der Waals surface area contributed by atoms with Gasteiger partial charge in [-0.3, -0.25) is 15.6 Å². The van der Waals surface area contributed by atoms with Gasteiger partial charge in [-0.25, -0.2) is 0 Å². The summed E-state index contributed by atoms with van der Waals surface area (Å²) in [6.07, 6.45) is 5.34. The van der Waals surface area contributed by atoms with Gasteiger partial charge >= 0.3 is 0 Å². The smallest absolute Gasteiger partial charge is 0.256 e. The standard InChI is InChI=1S/C14H24N4O/c1-4-11(5-2)10-18(6-3)14(19)12-7-8-16-9-13(12)17-15/h7-9,11,17H,4-6,10,15H2,1-3H3. The molecule has 0 aromatic carbocycles. The molecule has 1 rings (SSSR count). The maximum Gasteiger partial charge on any atom is 0.256 e. The van der Waals surface area contributed by atoms with Crippen LogP contribution in [0.1, 0.15) is 44.0 Å². The van der Waals surface area contributed by atoms with Crippen molar-refractivity contribution >= 4 is 11.6 Å². The number of amides is 1. The van der Waals surface area contributed by atoms with E-state index in [9.17, 15) is 4.79 Å². The molecule has 5 nitrogen and oxygen atoms in total. The van der Waals surface area contributed by atoms with Crippen LogP contribution in [0.2, 0.25) is 0 Å². The highest BCUT2D eigenvalue weighted by molar-refractivity contribution is 5.99. The Bertz CT molecular complexity index is 404. The lowest BCUT2D eigenvalue weighted by atomic mass is 10.0. The van der Waals surface area contributed by atoms with Crippen LogP contribution < -0.4 is 11.3 Å². The van der Waals surface area contributed by atoms with Gasteiger partial charge in [-0.2, -0.15) is 0 Å². The zero-order valence-electron chi connectivity index (χ0n) is 12.0. The van der Waals surface area contributed by atoms with Gasteiger partial charge in [0.25, 0.3) is 5.91 Å². The molecule has 1 aromatic heterocycles. The molecule has 3 N–H and O–H groups in total. The average molecular weight is 264 g/mol. The van der Waals surface area contributed by atoms with Crippen LogP contribution in [-0.4, -0.2) is 28.9 Å². The van der Waals surface area contributed by atoms with Crippen molar-refractivity contribution in [2.45, 2.75) is 33.6 Å². The summed E-state index contributed by atoms with van der Waals surface area (Å²) < 4.78 is 0. The Hall–Kier alpha value is -1.62. The van der Waals surface area contributed by atoms with Crippen molar-refractivity contribution in [3.63, 3.8) is 0 Å². The van der Waals surface area contributed by atoms with Crippen molar-refractivity contribution in [2.75, 3.05) is 18.5 Å². The number of carbonyl (C=O) groups is 1. The minimum atomic E-state index is 0.00440. The molecule has 19 heavy (non-hydrogen) atoms. The molecule has 0 saturated carbocycles. The number of aromatic nitrogens is 1. The Kier molecular flexibility index (Phi) is 6.29. The molecule has 5 heteroatoms. The first-order valence-corrected chi connectivity index (χ1v) is 6.87. The summed E-state index contributed by atoms with van der Waals surface area (Å²) in [5.41, 5.74) is 3.67. The summed E-state index contributed by atoms with van der Waals surface area (Å²) in [6, 6.07) is 1.70. The predicted molar refractivity (Wildman–Crippen MR) is 77.7 cm³/mol.